The van der Waals surface area contributed by atoms with Gasteiger partial charge in [-0.05, 0) is 65.6 Å². The van der Waals surface area contributed by atoms with E-state index >= 15 is 4.79 Å². The van der Waals surface area contributed by atoms with Gasteiger partial charge in [0.2, 0.25) is 11.8 Å². The molecule has 4 aromatic carbocycles. The van der Waals surface area contributed by atoms with E-state index < -0.39 is 46.5 Å². The number of hydrogen-bond donors (Lipinski definition) is 1. The van der Waals surface area contributed by atoms with Gasteiger partial charge < -0.3 is 9.84 Å². The third kappa shape index (κ3) is 4.58. The molecule has 2 fully saturated rings. The Hall–Kier alpha value is -5.45. The first-order chi connectivity index (χ1) is 23.9. The number of imide groups is 1. The van der Waals surface area contributed by atoms with Gasteiger partial charge in [0, 0.05) is 10.9 Å². The van der Waals surface area contributed by atoms with Crippen molar-refractivity contribution in [3.63, 3.8) is 0 Å². The van der Waals surface area contributed by atoms with Crippen molar-refractivity contribution in [3.05, 3.63) is 158 Å². The second kappa shape index (κ2) is 11.9. The van der Waals surface area contributed by atoms with Gasteiger partial charge in [0.05, 0.1) is 41.9 Å². The number of nitrogens with zero attached hydrogens (tertiary/aromatic N) is 4. The number of hydrogen-bond acceptors (Lipinski definition) is 6. The number of aliphatic hydroxyl groups is 1. The predicted molar refractivity (Wildman–Crippen MR) is 183 cm³/mol. The highest BCUT2D eigenvalue weighted by molar-refractivity contribution is 6.32. The van der Waals surface area contributed by atoms with Gasteiger partial charge in [0.1, 0.15) is 12.4 Å². The third-order valence-corrected chi connectivity index (χ3v) is 10.3. The number of anilines is 1. The van der Waals surface area contributed by atoms with Crippen molar-refractivity contribution in [2.24, 2.45) is 5.92 Å². The van der Waals surface area contributed by atoms with Crippen molar-refractivity contribution in [1.82, 2.24) is 13.9 Å². The Morgan fingerprint density at radius 2 is 1.51 bits per heavy atom. The van der Waals surface area contributed by atoms with E-state index in [-0.39, 0.29) is 26.2 Å². The predicted octanol–water partition coefficient (Wildman–Crippen LogP) is 4.62. The molecular weight excluding hydrogens is 644 g/mol. The summed E-state index contributed by atoms with van der Waals surface area (Å²) in [5, 5.41) is 9.68. The zero-order chi connectivity index (χ0) is 33.9. The summed E-state index contributed by atoms with van der Waals surface area (Å²) in [7, 11) is 0. The van der Waals surface area contributed by atoms with E-state index in [1.807, 2.05) is 54.6 Å². The van der Waals surface area contributed by atoms with Crippen molar-refractivity contribution in [1.29, 1.82) is 0 Å². The zero-order valence-corrected chi connectivity index (χ0v) is 26.9. The van der Waals surface area contributed by atoms with Crippen LogP contribution in [-0.4, -0.2) is 44.1 Å². The smallest absolute Gasteiger partial charge is 0.352 e. The summed E-state index contributed by atoms with van der Waals surface area (Å²) >= 11 is 6.38. The molecule has 2 amide bonds. The number of halogens is 1. The lowest BCUT2D eigenvalue weighted by atomic mass is 9.53. The summed E-state index contributed by atoms with van der Waals surface area (Å²) in [4.78, 5) is 59.3. The van der Waals surface area contributed by atoms with Gasteiger partial charge in [-0.1, -0.05) is 84.4 Å². The molecule has 1 saturated heterocycles. The van der Waals surface area contributed by atoms with Crippen LogP contribution >= 0.6 is 11.6 Å². The number of carbonyl (C=O) groups is 2. The maximum atomic E-state index is 15.3. The molecule has 1 aliphatic carbocycles. The molecule has 4 atom stereocenters. The van der Waals surface area contributed by atoms with Crippen molar-refractivity contribution in [2.75, 3.05) is 18.1 Å². The third-order valence-electron chi connectivity index (χ3n) is 10.0. The van der Waals surface area contributed by atoms with Gasteiger partial charge in [-0.15, -0.1) is 0 Å². The van der Waals surface area contributed by atoms with Gasteiger partial charge in [0.15, 0.2) is 0 Å². The number of allylic oxidation sites excluding steroid dienone is 2. The molecule has 10 nitrogen and oxygen atoms in total. The molecule has 11 heteroatoms. The molecule has 1 aromatic heterocycles. The molecular formula is C38H31ClN4O6. The maximum absolute atomic E-state index is 15.3. The minimum atomic E-state index is -1.40. The fourth-order valence-electron chi connectivity index (χ4n) is 8.10. The highest BCUT2D eigenvalue weighted by atomic mass is 35.5. The molecule has 0 radical (unpaired) electrons. The number of fused-ring (bicyclic) bond motifs is 4. The standard InChI is InChI=1S/C38H31ClN4O6/c39-26-10-7-13-28(22-26)41-34(45)31-23-32-30(18-19-40-36(47)42(37(48)43(32)40)27-11-5-2-6-12-27)33(24-14-16-29(17-15-24)49-21-20-44)38(31,35(41)46)25-8-3-1-4-9-25/h1-18,22,31-33,44H,19-21,23H2/t31-,32+,33-,38+/m0/s1. The summed E-state index contributed by atoms with van der Waals surface area (Å²) in [6.45, 7) is 0.0723. The van der Waals surface area contributed by atoms with Gasteiger partial charge in [-0.3, -0.25) is 9.59 Å². The summed E-state index contributed by atoms with van der Waals surface area (Å²) in [5.74, 6) is -1.88. The van der Waals surface area contributed by atoms with Crippen LogP contribution in [0.1, 0.15) is 29.5 Å². The Balaban J connectivity index is 1.38. The Morgan fingerprint density at radius 3 is 2.20 bits per heavy atom. The lowest BCUT2D eigenvalue weighted by Crippen LogP contribution is -2.53. The van der Waals surface area contributed by atoms with Crippen molar-refractivity contribution in [3.8, 4) is 11.4 Å². The van der Waals surface area contributed by atoms with Gasteiger partial charge >= 0.3 is 11.4 Å². The molecule has 0 bridgehead atoms. The summed E-state index contributed by atoms with van der Waals surface area (Å²) in [6.07, 6.45) is 2.04. The number of rotatable bonds is 7. The average Bonchev–Trinajstić information content (AvgIpc) is 3.52. The van der Waals surface area contributed by atoms with Crippen LogP contribution in [0.5, 0.6) is 5.75 Å². The lowest BCUT2D eigenvalue weighted by Gasteiger charge is -2.49. The topological polar surface area (TPSA) is 116 Å². The van der Waals surface area contributed by atoms with E-state index in [0.29, 0.717) is 27.7 Å². The van der Waals surface area contributed by atoms with Gasteiger partial charge in [-0.2, -0.15) is 0 Å². The second-order valence-electron chi connectivity index (χ2n) is 12.4. The molecule has 0 spiro atoms. The maximum Gasteiger partial charge on any atom is 0.352 e. The fraction of sp³-hybridized carbons (Fsp3) is 0.211. The monoisotopic (exact) mass is 674 g/mol. The minimum absolute atomic E-state index is 0.101. The van der Waals surface area contributed by atoms with Crippen molar-refractivity contribution >= 4 is 29.1 Å². The molecule has 0 unspecified atom stereocenters. The quantitative estimate of drug-likeness (QED) is 0.199. The number of aromatic nitrogens is 3. The van der Waals surface area contributed by atoms with Crippen LogP contribution in [0.2, 0.25) is 5.02 Å². The molecule has 2 aliphatic heterocycles. The molecule has 1 saturated carbocycles. The van der Waals surface area contributed by atoms with Crippen LogP contribution in [0.4, 0.5) is 5.69 Å². The SMILES string of the molecule is O=C1[C@@H]2C[C@@H]3C(=CCn4c(=O)n(-c5ccccc5)c(=O)n43)[C@H](c3ccc(OCCO)cc3)[C@]2(c2ccccc2)C(=O)N1c1cccc(Cl)c1. The number of ether oxygens (including phenoxy) is 1. The second-order valence-corrected chi connectivity index (χ2v) is 12.9. The van der Waals surface area contributed by atoms with Crippen LogP contribution < -0.4 is 21.0 Å². The number of carbonyl (C=O) groups excluding carboxylic acids is 2. The molecule has 8 rings (SSSR count). The number of amides is 2. The Labute approximate surface area is 285 Å². The van der Waals surface area contributed by atoms with Gasteiger partial charge in [0.25, 0.3) is 0 Å². The van der Waals surface area contributed by atoms with E-state index in [1.165, 1.54) is 14.3 Å². The van der Waals surface area contributed by atoms with Crippen LogP contribution in [0.15, 0.2) is 130 Å². The van der Waals surface area contributed by atoms with Crippen molar-refractivity contribution in [2.45, 2.75) is 30.3 Å². The highest BCUT2D eigenvalue weighted by Gasteiger charge is 2.68. The molecule has 3 heterocycles. The first-order valence-corrected chi connectivity index (χ1v) is 16.5. The molecule has 1 N–H and O–H groups in total. The molecule has 5 aromatic rings. The van der Waals surface area contributed by atoms with E-state index in [9.17, 15) is 19.5 Å². The first-order valence-electron chi connectivity index (χ1n) is 16.1. The number of para-hydroxylation sites is 1. The number of benzene rings is 4. The molecule has 3 aliphatic rings. The Kier molecular flexibility index (Phi) is 7.50. The van der Waals surface area contributed by atoms with Crippen molar-refractivity contribution < 1.29 is 19.4 Å². The summed E-state index contributed by atoms with van der Waals surface area (Å²) < 4.78 is 9.68. The highest BCUT2D eigenvalue weighted by Crippen LogP contribution is 2.62. The van der Waals surface area contributed by atoms with Crippen LogP contribution in [0, 0.1) is 5.92 Å². The molecule has 246 valence electrons. The van der Waals surface area contributed by atoms with E-state index in [4.69, 9.17) is 16.3 Å². The summed E-state index contributed by atoms with van der Waals surface area (Å²) in [6, 6.07) is 31.3. The van der Waals surface area contributed by atoms with Crippen LogP contribution in [0.25, 0.3) is 5.69 Å². The zero-order valence-electron chi connectivity index (χ0n) is 26.2. The lowest BCUT2D eigenvalue weighted by molar-refractivity contribution is -0.124. The number of aliphatic hydroxyl groups excluding tert-OH is 1. The first kappa shape index (κ1) is 30.9. The van der Waals surface area contributed by atoms with E-state index in [0.717, 1.165) is 15.7 Å². The molecule has 49 heavy (non-hydrogen) atoms. The normalized spacial score (nSPS) is 22.7. The van der Waals surface area contributed by atoms with E-state index in [2.05, 4.69) is 0 Å². The minimum Gasteiger partial charge on any atom is -0.491 e. The van der Waals surface area contributed by atoms with Crippen LogP contribution in [-0.2, 0) is 21.5 Å². The van der Waals surface area contributed by atoms with E-state index in [1.54, 1.807) is 60.7 Å². The average molecular weight is 675 g/mol. The van der Waals surface area contributed by atoms with Crippen LogP contribution in [0.3, 0.4) is 0 Å². The fourth-order valence-corrected chi connectivity index (χ4v) is 8.28. The Bertz CT molecular complexity index is 2240. The largest absolute Gasteiger partial charge is 0.491 e. The van der Waals surface area contributed by atoms with Gasteiger partial charge in [-0.25, -0.2) is 28.4 Å². The Morgan fingerprint density at radius 1 is 0.816 bits per heavy atom. The summed E-state index contributed by atoms with van der Waals surface area (Å²) in [5.41, 5.74) is 0.579.